The zero-order valence-corrected chi connectivity index (χ0v) is 51.8. The van der Waals surface area contributed by atoms with Crippen LogP contribution in [0.25, 0.3) is 0 Å². The summed E-state index contributed by atoms with van der Waals surface area (Å²) in [5.74, 6) is -0.261. The number of carbonyl (C=O) groups excluding carboxylic acids is 1. The number of hydrogen-bond donors (Lipinski definition) is 4. The van der Waals surface area contributed by atoms with Crippen molar-refractivity contribution in [3.63, 3.8) is 0 Å². The maximum atomic E-state index is 13.0. The summed E-state index contributed by atoms with van der Waals surface area (Å²) in [6.45, 7) is 4.62. The maximum Gasteiger partial charge on any atom is 0.472 e. The van der Waals surface area contributed by atoms with Crippen LogP contribution >= 0.6 is 7.82 Å². The van der Waals surface area contributed by atoms with E-state index in [1.807, 2.05) is 21.1 Å². The molecule has 10 heteroatoms. The van der Waals surface area contributed by atoms with Gasteiger partial charge in [-0.05, 0) is 38.5 Å². The molecule has 4 unspecified atom stereocenters. The number of nitrogens with one attached hydrogen (secondary N) is 1. The number of allylic oxidation sites excluding steroid dienone is 2. The van der Waals surface area contributed by atoms with Crippen molar-refractivity contribution in [2.75, 3.05) is 40.9 Å². The van der Waals surface area contributed by atoms with E-state index in [0.29, 0.717) is 30.3 Å². The number of aliphatic hydroxyl groups is 2. The number of rotatable bonds is 62. The first-order valence-electron chi connectivity index (χ1n) is 33.1. The van der Waals surface area contributed by atoms with Crippen molar-refractivity contribution in [2.24, 2.45) is 0 Å². The second-order valence-corrected chi connectivity index (χ2v) is 25.8. The molecule has 0 aromatic rings. The summed E-state index contributed by atoms with van der Waals surface area (Å²) in [6.07, 6.45) is 67.9. The van der Waals surface area contributed by atoms with Crippen LogP contribution in [0.1, 0.15) is 341 Å². The molecule has 0 rings (SSSR count). The molecule has 9 nitrogen and oxygen atoms in total. The quantitative estimate of drug-likeness (QED) is 0.0207. The number of unbranched alkanes of at least 4 members (excludes halogenated alkanes) is 46. The van der Waals surface area contributed by atoms with Crippen molar-refractivity contribution in [3.8, 4) is 0 Å². The number of phosphoric acid groups is 1. The third-order valence-corrected chi connectivity index (χ3v) is 16.6. The average Bonchev–Trinajstić information content (AvgIpc) is 3.37. The molecule has 0 saturated heterocycles. The number of amides is 1. The summed E-state index contributed by atoms with van der Waals surface area (Å²) < 4.78 is 23.6. The second kappa shape index (κ2) is 56.5. The number of hydrogen-bond acceptors (Lipinski definition) is 6. The molecule has 0 aliphatic carbocycles. The Bertz CT molecular complexity index is 1250. The highest BCUT2D eigenvalue weighted by atomic mass is 31.2. The fourth-order valence-corrected chi connectivity index (χ4v) is 11.1. The van der Waals surface area contributed by atoms with Gasteiger partial charge in [0.2, 0.25) is 5.91 Å². The van der Waals surface area contributed by atoms with Crippen LogP contribution in [0.5, 0.6) is 0 Å². The molecule has 0 aliphatic rings. The largest absolute Gasteiger partial charge is 0.472 e. The predicted molar refractivity (Wildman–Crippen MR) is 325 cm³/mol. The van der Waals surface area contributed by atoms with Crippen LogP contribution in [0.2, 0.25) is 0 Å². The van der Waals surface area contributed by atoms with Crippen molar-refractivity contribution in [1.29, 1.82) is 0 Å². The van der Waals surface area contributed by atoms with E-state index in [1.165, 1.54) is 276 Å². The smallest absolute Gasteiger partial charge is 0.390 e. The van der Waals surface area contributed by atoms with Crippen molar-refractivity contribution in [2.45, 2.75) is 360 Å². The summed E-state index contributed by atoms with van der Waals surface area (Å²) in [4.78, 5) is 23.3. The van der Waals surface area contributed by atoms with Crippen molar-refractivity contribution in [1.82, 2.24) is 5.32 Å². The van der Waals surface area contributed by atoms with Gasteiger partial charge in [-0.3, -0.25) is 13.8 Å². The molecule has 1 amide bonds. The number of phosphoric ester groups is 1. The number of carbonyl (C=O) groups is 1. The Morgan fingerprint density at radius 3 is 1.07 bits per heavy atom. The molecule has 4 N–H and O–H groups in total. The summed E-state index contributed by atoms with van der Waals surface area (Å²) in [6, 6.07) is -1.05. The molecule has 0 radical (unpaired) electrons. The fraction of sp³-hybridized carbons (Fsp3) is 0.954. The molecule has 0 aromatic carbocycles. The Hall–Kier alpha value is -0.800. The van der Waals surface area contributed by atoms with Crippen LogP contribution in [0.3, 0.4) is 0 Å². The van der Waals surface area contributed by atoms with E-state index in [-0.39, 0.29) is 12.5 Å². The van der Waals surface area contributed by atoms with Gasteiger partial charge in [0.05, 0.1) is 39.9 Å². The van der Waals surface area contributed by atoms with Gasteiger partial charge in [0.15, 0.2) is 0 Å². The van der Waals surface area contributed by atoms with Gasteiger partial charge in [-0.15, -0.1) is 0 Å². The van der Waals surface area contributed by atoms with E-state index in [4.69, 9.17) is 9.05 Å². The molecule has 0 spiro atoms. The van der Waals surface area contributed by atoms with Crippen LogP contribution < -0.4 is 5.32 Å². The lowest BCUT2D eigenvalue weighted by atomic mass is 10.0. The first kappa shape index (κ1) is 74.2. The Balaban J connectivity index is 3.88. The number of aliphatic hydroxyl groups excluding tert-OH is 2. The third kappa shape index (κ3) is 57.7. The first-order chi connectivity index (χ1) is 36.4. The first-order valence-corrected chi connectivity index (χ1v) is 34.6. The van der Waals surface area contributed by atoms with Gasteiger partial charge in [0.1, 0.15) is 19.3 Å². The molecule has 0 heterocycles. The van der Waals surface area contributed by atoms with Crippen LogP contribution in [0, 0.1) is 0 Å². The van der Waals surface area contributed by atoms with Crippen LogP contribution in [0.15, 0.2) is 12.2 Å². The van der Waals surface area contributed by atoms with E-state index in [1.54, 1.807) is 0 Å². The van der Waals surface area contributed by atoms with Gasteiger partial charge in [0, 0.05) is 6.42 Å². The van der Waals surface area contributed by atoms with Gasteiger partial charge in [-0.1, -0.05) is 309 Å². The lowest BCUT2D eigenvalue weighted by Gasteiger charge is -2.28. The van der Waals surface area contributed by atoms with Crippen LogP contribution in [-0.2, 0) is 18.4 Å². The van der Waals surface area contributed by atoms with Gasteiger partial charge in [0.25, 0.3) is 0 Å². The number of likely N-dealkylation sites (N-methyl/N-ethyl adjacent to an activating group) is 1. The monoisotopic (exact) mass is 1080 g/mol. The molecule has 0 fully saturated rings. The fourth-order valence-electron chi connectivity index (χ4n) is 10.4. The number of quaternary nitrogens is 1. The third-order valence-electron chi connectivity index (χ3n) is 15.6. The van der Waals surface area contributed by atoms with Crippen molar-refractivity contribution in [3.05, 3.63) is 12.2 Å². The van der Waals surface area contributed by atoms with E-state index in [0.717, 1.165) is 32.1 Å². The Morgan fingerprint density at radius 1 is 0.453 bits per heavy atom. The molecular formula is C65H132N2O7P+. The molecule has 0 saturated carbocycles. The highest BCUT2D eigenvalue weighted by Gasteiger charge is 2.32. The normalized spacial score (nSPS) is 14.2. The second-order valence-electron chi connectivity index (χ2n) is 24.3. The zero-order valence-electron chi connectivity index (χ0n) is 50.9. The summed E-state index contributed by atoms with van der Waals surface area (Å²) in [5, 5.41) is 24.8. The maximum absolute atomic E-state index is 13.0. The van der Waals surface area contributed by atoms with Gasteiger partial charge >= 0.3 is 7.82 Å². The van der Waals surface area contributed by atoms with Crippen LogP contribution in [0.4, 0.5) is 0 Å². The highest BCUT2D eigenvalue weighted by molar-refractivity contribution is 7.47. The molecular weight excluding hydrogens is 952 g/mol. The topological polar surface area (TPSA) is 125 Å². The zero-order chi connectivity index (χ0) is 55.0. The van der Waals surface area contributed by atoms with Gasteiger partial charge < -0.3 is 24.9 Å². The predicted octanol–water partition coefficient (Wildman–Crippen LogP) is 19.5. The minimum atomic E-state index is -4.43. The average molecular weight is 1080 g/mol. The van der Waals surface area contributed by atoms with E-state index >= 15 is 0 Å². The minimum Gasteiger partial charge on any atom is -0.390 e. The summed E-state index contributed by atoms with van der Waals surface area (Å²) >= 11 is 0. The summed E-state index contributed by atoms with van der Waals surface area (Å²) in [5.41, 5.74) is 0. The van der Waals surface area contributed by atoms with E-state index in [2.05, 4.69) is 31.3 Å². The SMILES string of the molecule is CCCCCCCCC/C=C/CCCC(O)C(O)C(COP(=O)(O)OCC[N+](C)(C)C)NC(=O)CCCCCCCCCCCCCCCCCCCCCCCCCCCCCCCCCCCCCCCCC. The van der Waals surface area contributed by atoms with Crippen molar-refractivity contribution >= 4 is 13.7 Å². The lowest BCUT2D eigenvalue weighted by molar-refractivity contribution is -0.870. The Kier molecular flexibility index (Phi) is 55.9. The Morgan fingerprint density at radius 2 is 0.747 bits per heavy atom. The van der Waals surface area contributed by atoms with Crippen LogP contribution in [-0.4, -0.2) is 84.6 Å². The minimum absolute atomic E-state index is 0.0196. The van der Waals surface area contributed by atoms with Gasteiger partial charge in [-0.2, -0.15) is 0 Å². The Labute approximate surface area is 467 Å². The summed E-state index contributed by atoms with van der Waals surface area (Å²) in [7, 11) is 1.43. The standard InChI is InChI=1S/C65H131N2O7P/c1-6-8-10-12-14-16-18-20-21-22-23-24-25-26-27-28-29-30-31-32-33-34-35-36-37-38-39-40-41-42-43-44-45-46-48-50-52-54-56-58-64(69)66-62(61-74-75(71,72)73-60-59-67(3,4)5)65(70)63(68)57-55-53-51-49-47-19-17-15-13-11-9-7-2/h49,51,62-63,65,68,70H,6-48,50,52-61H2,1-5H3,(H-,66,69,71,72)/p+1/b51-49+. The molecule has 75 heavy (non-hydrogen) atoms. The molecule has 0 bridgehead atoms. The number of nitrogens with zero attached hydrogens (tertiary/aromatic N) is 1. The van der Waals surface area contributed by atoms with Gasteiger partial charge in [-0.25, -0.2) is 4.57 Å². The van der Waals surface area contributed by atoms with Crippen molar-refractivity contribution < 1.29 is 38.0 Å². The van der Waals surface area contributed by atoms with E-state index < -0.39 is 32.7 Å². The lowest BCUT2D eigenvalue weighted by Crippen LogP contribution is -2.51. The molecule has 4 atom stereocenters. The molecule has 0 aliphatic heterocycles. The molecule has 448 valence electrons. The van der Waals surface area contributed by atoms with E-state index in [9.17, 15) is 24.5 Å². The molecule has 0 aromatic heterocycles. The highest BCUT2D eigenvalue weighted by Crippen LogP contribution is 2.43.